The molecule has 0 aliphatic heterocycles. The molecule has 0 aliphatic carbocycles. The fourth-order valence-corrected chi connectivity index (χ4v) is 1.45. The second-order valence-electron chi connectivity index (χ2n) is 3.55. The van der Waals surface area contributed by atoms with Crippen molar-refractivity contribution >= 4 is 11.7 Å². The van der Waals surface area contributed by atoms with E-state index in [1.54, 1.807) is 19.9 Å². The maximum Gasteiger partial charge on any atom is 0.343 e. The molecule has 1 rings (SSSR count). The third-order valence-corrected chi connectivity index (χ3v) is 2.16. The molecule has 0 saturated heterocycles. The zero-order valence-corrected chi connectivity index (χ0v) is 9.85. The van der Waals surface area contributed by atoms with Crippen molar-refractivity contribution in [3.63, 3.8) is 0 Å². The number of hydrogen-bond donors (Lipinski definition) is 0. The smallest absolute Gasteiger partial charge is 0.343 e. The Morgan fingerprint density at radius 2 is 2.06 bits per heavy atom. The van der Waals surface area contributed by atoms with Gasteiger partial charge in [-0.15, -0.1) is 0 Å². The normalized spacial score (nSPS) is 9.82. The van der Waals surface area contributed by atoms with Gasteiger partial charge in [0.05, 0.1) is 12.0 Å². The van der Waals surface area contributed by atoms with Crippen molar-refractivity contribution in [2.75, 3.05) is 13.7 Å². The number of aryl methyl sites for hydroxylation is 2. The number of nitro groups is 1. The summed E-state index contributed by atoms with van der Waals surface area (Å²) in [5.41, 5.74) is 1.23. The molecule has 6 nitrogen and oxygen atoms in total. The summed E-state index contributed by atoms with van der Waals surface area (Å²) < 4.78 is 9.52. The summed E-state index contributed by atoms with van der Waals surface area (Å²) in [4.78, 5) is 21.2. The van der Waals surface area contributed by atoms with Gasteiger partial charge < -0.3 is 9.47 Å². The standard InChI is InChI=1S/C11H13NO5/c1-7-4-8(2)11(9(5-7)12(14)15)17-6-10(13)16-3/h4-5H,6H2,1-3H3. The molecule has 92 valence electrons. The van der Waals surface area contributed by atoms with Gasteiger partial charge in [-0.05, 0) is 25.0 Å². The van der Waals surface area contributed by atoms with Gasteiger partial charge in [-0.3, -0.25) is 10.1 Å². The first-order valence-electron chi connectivity index (χ1n) is 4.91. The predicted octanol–water partition coefficient (Wildman–Crippen LogP) is 1.76. The molecular weight excluding hydrogens is 226 g/mol. The molecule has 0 fully saturated rings. The lowest BCUT2D eigenvalue weighted by Gasteiger charge is -2.09. The molecule has 0 aliphatic rings. The van der Waals surface area contributed by atoms with Gasteiger partial charge in [0.25, 0.3) is 0 Å². The Labute approximate surface area is 98.3 Å². The van der Waals surface area contributed by atoms with E-state index in [-0.39, 0.29) is 18.0 Å². The quantitative estimate of drug-likeness (QED) is 0.454. The van der Waals surface area contributed by atoms with Crippen LogP contribution in [0.4, 0.5) is 5.69 Å². The van der Waals surface area contributed by atoms with E-state index >= 15 is 0 Å². The van der Waals surface area contributed by atoms with Crippen LogP contribution in [0.3, 0.4) is 0 Å². The molecular formula is C11H13NO5. The zero-order chi connectivity index (χ0) is 13.0. The minimum absolute atomic E-state index is 0.103. The lowest BCUT2D eigenvalue weighted by molar-refractivity contribution is -0.385. The molecule has 0 bridgehead atoms. The number of nitrogens with zero attached hydrogens (tertiary/aromatic N) is 1. The van der Waals surface area contributed by atoms with E-state index in [1.807, 2.05) is 0 Å². The number of carbonyl (C=O) groups excluding carboxylic acids is 1. The Bertz CT molecular complexity index is 455. The van der Waals surface area contributed by atoms with E-state index in [2.05, 4.69) is 4.74 Å². The number of esters is 1. The van der Waals surface area contributed by atoms with Crippen molar-refractivity contribution in [1.29, 1.82) is 0 Å². The third kappa shape index (κ3) is 3.17. The monoisotopic (exact) mass is 239 g/mol. The van der Waals surface area contributed by atoms with E-state index in [4.69, 9.17) is 4.74 Å². The fraction of sp³-hybridized carbons (Fsp3) is 0.364. The minimum atomic E-state index is -0.584. The van der Waals surface area contributed by atoms with Crippen molar-refractivity contribution in [2.24, 2.45) is 0 Å². The van der Waals surface area contributed by atoms with Gasteiger partial charge in [0.15, 0.2) is 6.61 Å². The van der Waals surface area contributed by atoms with Crippen molar-refractivity contribution in [1.82, 2.24) is 0 Å². The van der Waals surface area contributed by atoms with Crippen molar-refractivity contribution in [3.8, 4) is 5.75 Å². The van der Waals surface area contributed by atoms with Crippen LogP contribution in [0.25, 0.3) is 0 Å². The summed E-state index contributed by atoms with van der Waals surface area (Å²) >= 11 is 0. The fourth-order valence-electron chi connectivity index (χ4n) is 1.45. The van der Waals surface area contributed by atoms with Crippen LogP contribution < -0.4 is 4.74 Å². The molecule has 1 aromatic rings. The first-order chi connectivity index (χ1) is 7.95. The average molecular weight is 239 g/mol. The van der Waals surface area contributed by atoms with Crippen LogP contribution in [0.5, 0.6) is 5.75 Å². The van der Waals surface area contributed by atoms with E-state index in [1.165, 1.54) is 13.2 Å². The Morgan fingerprint density at radius 3 is 2.59 bits per heavy atom. The number of nitro benzene ring substituents is 1. The Morgan fingerprint density at radius 1 is 1.41 bits per heavy atom. The predicted molar refractivity (Wildman–Crippen MR) is 60.1 cm³/mol. The van der Waals surface area contributed by atoms with Gasteiger partial charge in [0.2, 0.25) is 5.75 Å². The van der Waals surface area contributed by atoms with Gasteiger partial charge in [-0.1, -0.05) is 6.07 Å². The molecule has 0 N–H and O–H groups in total. The molecule has 0 heterocycles. The first-order valence-corrected chi connectivity index (χ1v) is 4.91. The largest absolute Gasteiger partial charge is 0.475 e. The topological polar surface area (TPSA) is 78.7 Å². The summed E-state index contributed by atoms with van der Waals surface area (Å²) in [7, 11) is 1.22. The second-order valence-corrected chi connectivity index (χ2v) is 3.55. The minimum Gasteiger partial charge on any atom is -0.475 e. The van der Waals surface area contributed by atoms with Crippen molar-refractivity contribution < 1.29 is 19.2 Å². The van der Waals surface area contributed by atoms with Crippen LogP contribution in [-0.4, -0.2) is 24.6 Å². The number of methoxy groups -OCH3 is 1. The molecule has 0 atom stereocenters. The Balaban J connectivity index is 3.04. The van der Waals surface area contributed by atoms with Gasteiger partial charge in [0, 0.05) is 6.07 Å². The third-order valence-electron chi connectivity index (χ3n) is 2.16. The average Bonchev–Trinajstić information content (AvgIpc) is 2.26. The molecule has 6 heteroatoms. The summed E-state index contributed by atoms with van der Waals surface area (Å²) in [6, 6.07) is 3.15. The molecule has 0 amide bonds. The molecule has 0 aromatic heterocycles. The number of ether oxygens (including phenoxy) is 2. The van der Waals surface area contributed by atoms with Crippen molar-refractivity contribution in [3.05, 3.63) is 33.4 Å². The van der Waals surface area contributed by atoms with E-state index < -0.39 is 10.9 Å². The van der Waals surface area contributed by atoms with Crippen LogP contribution in [0.2, 0.25) is 0 Å². The lowest BCUT2D eigenvalue weighted by atomic mass is 10.1. The highest BCUT2D eigenvalue weighted by atomic mass is 16.6. The highest BCUT2D eigenvalue weighted by Crippen LogP contribution is 2.31. The molecule has 0 saturated carbocycles. The van der Waals surface area contributed by atoms with E-state index in [9.17, 15) is 14.9 Å². The number of rotatable bonds is 4. The number of carbonyl (C=O) groups is 1. The van der Waals surface area contributed by atoms with Crippen LogP contribution in [0.15, 0.2) is 12.1 Å². The van der Waals surface area contributed by atoms with Crippen LogP contribution in [0, 0.1) is 24.0 Å². The number of benzene rings is 1. The van der Waals surface area contributed by atoms with Crippen LogP contribution in [-0.2, 0) is 9.53 Å². The Hall–Kier alpha value is -2.11. The van der Waals surface area contributed by atoms with Gasteiger partial charge in [-0.2, -0.15) is 0 Å². The highest BCUT2D eigenvalue weighted by molar-refractivity contribution is 5.71. The zero-order valence-electron chi connectivity index (χ0n) is 9.85. The van der Waals surface area contributed by atoms with Gasteiger partial charge in [0.1, 0.15) is 0 Å². The molecule has 1 aromatic carbocycles. The maximum absolute atomic E-state index is 10.9. The van der Waals surface area contributed by atoms with Gasteiger partial charge >= 0.3 is 11.7 Å². The maximum atomic E-state index is 10.9. The molecule has 0 spiro atoms. The van der Waals surface area contributed by atoms with Crippen LogP contribution in [0.1, 0.15) is 11.1 Å². The summed E-state index contributed by atoms with van der Waals surface area (Å²) in [5, 5.41) is 10.8. The van der Waals surface area contributed by atoms with E-state index in [0.29, 0.717) is 5.56 Å². The Kier molecular flexibility index (Phi) is 4.03. The molecule has 0 unspecified atom stereocenters. The molecule has 0 radical (unpaired) electrons. The lowest BCUT2D eigenvalue weighted by Crippen LogP contribution is -2.14. The second kappa shape index (κ2) is 5.29. The number of hydrogen-bond acceptors (Lipinski definition) is 5. The first kappa shape index (κ1) is 13.0. The SMILES string of the molecule is COC(=O)COc1c(C)cc(C)cc1[N+](=O)[O-]. The summed E-state index contributed by atoms with van der Waals surface area (Å²) in [6.45, 7) is 3.10. The van der Waals surface area contributed by atoms with E-state index in [0.717, 1.165) is 5.56 Å². The summed E-state index contributed by atoms with van der Waals surface area (Å²) in [6.07, 6.45) is 0. The molecule has 17 heavy (non-hydrogen) atoms. The van der Waals surface area contributed by atoms with Crippen molar-refractivity contribution in [2.45, 2.75) is 13.8 Å². The summed E-state index contributed by atoms with van der Waals surface area (Å²) in [5.74, 6) is -0.481. The van der Waals surface area contributed by atoms with Gasteiger partial charge in [-0.25, -0.2) is 4.79 Å². The highest BCUT2D eigenvalue weighted by Gasteiger charge is 2.19. The van der Waals surface area contributed by atoms with Crippen LogP contribution >= 0.6 is 0 Å².